The summed E-state index contributed by atoms with van der Waals surface area (Å²) in [5.41, 5.74) is 2.28. The maximum absolute atomic E-state index is 13.6. The van der Waals surface area contributed by atoms with Crippen molar-refractivity contribution in [3.63, 3.8) is 0 Å². The highest BCUT2D eigenvalue weighted by molar-refractivity contribution is 5.98. The molecule has 1 fully saturated rings. The molecule has 1 aliphatic carbocycles. The molecule has 1 aliphatic heterocycles. The molecule has 8 heteroatoms. The first-order valence-electron chi connectivity index (χ1n) is 12.2. The highest BCUT2D eigenvalue weighted by Crippen LogP contribution is 2.32. The Labute approximate surface area is 206 Å². The molecule has 1 saturated carbocycles. The van der Waals surface area contributed by atoms with E-state index >= 15 is 0 Å². The number of carbonyl (C=O) groups is 2. The van der Waals surface area contributed by atoms with E-state index < -0.39 is 6.04 Å². The summed E-state index contributed by atoms with van der Waals surface area (Å²) in [5, 5.41) is 19.1. The molecular weight excluding hydrogens is 444 g/mol. The second-order valence-corrected chi connectivity index (χ2v) is 9.74. The molecule has 184 valence electrons. The Morgan fingerprint density at radius 3 is 2.77 bits per heavy atom. The first-order chi connectivity index (χ1) is 16.8. The molecule has 2 amide bonds. The average molecular weight is 477 g/mol. The zero-order chi connectivity index (χ0) is 25.1. The van der Waals surface area contributed by atoms with Crippen molar-refractivity contribution < 1.29 is 19.4 Å². The molecule has 0 radical (unpaired) electrons. The van der Waals surface area contributed by atoms with Crippen molar-refractivity contribution in [1.82, 2.24) is 14.8 Å². The topological polar surface area (TPSA) is 107 Å². The summed E-state index contributed by atoms with van der Waals surface area (Å²) in [6.07, 6.45) is 4.22. The summed E-state index contributed by atoms with van der Waals surface area (Å²) in [6.45, 7) is 4.39. The van der Waals surface area contributed by atoms with Gasteiger partial charge in [0.25, 0.3) is 5.91 Å². The quantitative estimate of drug-likeness (QED) is 0.687. The van der Waals surface area contributed by atoms with Crippen LogP contribution in [0.4, 0.5) is 0 Å². The molecule has 0 spiro atoms. The van der Waals surface area contributed by atoms with E-state index in [0.29, 0.717) is 29.8 Å². The number of pyridine rings is 1. The third kappa shape index (κ3) is 5.15. The predicted molar refractivity (Wildman–Crippen MR) is 131 cm³/mol. The molecule has 1 aromatic carbocycles. The number of likely N-dealkylation sites (N-methyl/N-ethyl adjacent to an activating group) is 1. The van der Waals surface area contributed by atoms with Gasteiger partial charge < -0.3 is 19.6 Å². The lowest BCUT2D eigenvalue weighted by molar-refractivity contribution is -0.138. The standard InChI is InChI=1S/C27H32N4O4/c1-17-14-31(18(2)16-32)27(34)23-11-22(21-9-4-6-19(10-21)12-28)13-29-25(23)35-24(17)15-30(3)26(33)20-7-5-8-20/h4,6,9-11,13,17-18,20,24,32H,5,7-8,14-16H2,1-3H3/t17-,18-,24-/m0/s1. The summed E-state index contributed by atoms with van der Waals surface area (Å²) < 4.78 is 6.30. The van der Waals surface area contributed by atoms with Crippen LogP contribution in [0.5, 0.6) is 5.88 Å². The number of amides is 2. The van der Waals surface area contributed by atoms with E-state index in [9.17, 15) is 20.0 Å². The molecule has 8 nitrogen and oxygen atoms in total. The van der Waals surface area contributed by atoms with Crippen LogP contribution in [-0.4, -0.2) is 70.6 Å². The lowest BCUT2D eigenvalue weighted by Gasteiger charge is -2.38. The predicted octanol–water partition coefficient (Wildman–Crippen LogP) is 3.10. The Bertz CT molecular complexity index is 1140. The van der Waals surface area contributed by atoms with Gasteiger partial charge in [0, 0.05) is 37.2 Å². The summed E-state index contributed by atoms with van der Waals surface area (Å²) in [4.78, 5) is 34.2. The lowest BCUT2D eigenvalue weighted by atomic mass is 9.84. The molecule has 0 saturated heterocycles. The maximum atomic E-state index is 13.6. The fourth-order valence-corrected chi connectivity index (χ4v) is 4.57. The van der Waals surface area contributed by atoms with E-state index in [-0.39, 0.29) is 42.2 Å². The van der Waals surface area contributed by atoms with Crippen molar-refractivity contribution >= 4 is 11.8 Å². The molecule has 2 aliphatic rings. The summed E-state index contributed by atoms with van der Waals surface area (Å²) >= 11 is 0. The number of aliphatic hydroxyl groups is 1. The summed E-state index contributed by atoms with van der Waals surface area (Å²) in [6, 6.07) is 10.6. The third-order valence-electron chi connectivity index (χ3n) is 7.13. The van der Waals surface area contributed by atoms with Crippen LogP contribution in [0.15, 0.2) is 36.5 Å². The van der Waals surface area contributed by atoms with Gasteiger partial charge in [-0.3, -0.25) is 9.59 Å². The maximum Gasteiger partial charge on any atom is 0.259 e. The number of hydrogen-bond donors (Lipinski definition) is 1. The van der Waals surface area contributed by atoms with Crippen molar-refractivity contribution in [2.24, 2.45) is 11.8 Å². The second-order valence-electron chi connectivity index (χ2n) is 9.74. The number of fused-ring (bicyclic) bond motifs is 1. The molecule has 1 aromatic heterocycles. The minimum Gasteiger partial charge on any atom is -0.472 e. The number of nitriles is 1. The Morgan fingerprint density at radius 1 is 1.34 bits per heavy atom. The largest absolute Gasteiger partial charge is 0.472 e. The van der Waals surface area contributed by atoms with E-state index in [4.69, 9.17) is 4.74 Å². The van der Waals surface area contributed by atoms with Crippen LogP contribution in [0, 0.1) is 23.2 Å². The van der Waals surface area contributed by atoms with Gasteiger partial charge in [0.05, 0.1) is 30.8 Å². The van der Waals surface area contributed by atoms with Crippen molar-refractivity contribution in [1.29, 1.82) is 5.26 Å². The minimum atomic E-state index is -0.392. The van der Waals surface area contributed by atoms with Crippen LogP contribution in [0.1, 0.15) is 49.0 Å². The first kappa shape index (κ1) is 24.7. The highest BCUT2D eigenvalue weighted by Gasteiger charge is 2.36. The van der Waals surface area contributed by atoms with Crippen LogP contribution >= 0.6 is 0 Å². The molecule has 4 rings (SSSR count). The number of aliphatic hydroxyl groups excluding tert-OH is 1. The molecule has 2 aromatic rings. The number of ether oxygens (including phenoxy) is 1. The van der Waals surface area contributed by atoms with Gasteiger partial charge in [-0.2, -0.15) is 5.26 Å². The lowest BCUT2D eigenvalue weighted by Crippen LogP contribution is -2.51. The number of benzene rings is 1. The molecular formula is C27H32N4O4. The molecule has 0 unspecified atom stereocenters. The highest BCUT2D eigenvalue weighted by atomic mass is 16.5. The van der Waals surface area contributed by atoms with Gasteiger partial charge in [0.2, 0.25) is 11.8 Å². The number of carbonyl (C=O) groups excluding carboxylic acids is 2. The van der Waals surface area contributed by atoms with Crippen molar-refractivity contribution in [2.45, 2.75) is 45.3 Å². The number of aromatic nitrogens is 1. The van der Waals surface area contributed by atoms with Gasteiger partial charge in [0.15, 0.2) is 0 Å². The smallest absolute Gasteiger partial charge is 0.259 e. The fraction of sp³-hybridized carbons (Fsp3) is 0.481. The zero-order valence-corrected chi connectivity index (χ0v) is 20.5. The van der Waals surface area contributed by atoms with E-state index in [0.717, 1.165) is 24.8 Å². The third-order valence-corrected chi connectivity index (χ3v) is 7.13. The Balaban J connectivity index is 1.69. The van der Waals surface area contributed by atoms with Gasteiger partial charge in [-0.25, -0.2) is 4.98 Å². The van der Waals surface area contributed by atoms with Crippen LogP contribution in [0.3, 0.4) is 0 Å². The first-order valence-corrected chi connectivity index (χ1v) is 12.2. The van der Waals surface area contributed by atoms with Gasteiger partial charge in [-0.15, -0.1) is 0 Å². The van der Waals surface area contributed by atoms with Crippen molar-refractivity contribution in [3.8, 4) is 23.1 Å². The molecule has 3 atom stereocenters. The second kappa shape index (κ2) is 10.4. The molecule has 1 N–H and O–H groups in total. The number of hydrogen-bond acceptors (Lipinski definition) is 6. The SMILES string of the molecule is C[C@H]1CN([C@@H](C)CO)C(=O)c2cc(-c3cccc(C#N)c3)cnc2O[C@H]1CN(C)C(=O)C1CCC1. The van der Waals surface area contributed by atoms with E-state index in [2.05, 4.69) is 11.1 Å². The average Bonchev–Trinajstić information content (AvgIpc) is 2.84. The van der Waals surface area contributed by atoms with Gasteiger partial charge in [-0.05, 0) is 43.5 Å². The van der Waals surface area contributed by atoms with Crippen molar-refractivity contribution in [3.05, 3.63) is 47.7 Å². The van der Waals surface area contributed by atoms with Crippen LogP contribution in [0.25, 0.3) is 11.1 Å². The summed E-state index contributed by atoms with van der Waals surface area (Å²) in [7, 11) is 1.80. The number of rotatable bonds is 6. The van der Waals surface area contributed by atoms with Gasteiger partial charge >= 0.3 is 0 Å². The fourth-order valence-electron chi connectivity index (χ4n) is 4.57. The van der Waals surface area contributed by atoms with Crippen LogP contribution in [-0.2, 0) is 4.79 Å². The van der Waals surface area contributed by atoms with E-state index in [1.54, 1.807) is 47.3 Å². The molecule has 0 bridgehead atoms. The van der Waals surface area contributed by atoms with Gasteiger partial charge in [0.1, 0.15) is 11.7 Å². The van der Waals surface area contributed by atoms with E-state index in [1.807, 2.05) is 19.9 Å². The molecule has 35 heavy (non-hydrogen) atoms. The molecule has 2 heterocycles. The van der Waals surface area contributed by atoms with Crippen LogP contribution < -0.4 is 4.74 Å². The summed E-state index contributed by atoms with van der Waals surface area (Å²) in [5.74, 6) is 0.0783. The monoisotopic (exact) mass is 476 g/mol. The van der Waals surface area contributed by atoms with Gasteiger partial charge in [-0.1, -0.05) is 25.5 Å². The van der Waals surface area contributed by atoms with Crippen molar-refractivity contribution in [2.75, 3.05) is 26.7 Å². The van der Waals surface area contributed by atoms with Crippen LogP contribution in [0.2, 0.25) is 0 Å². The normalized spacial score (nSPS) is 21.0. The Hall–Kier alpha value is -3.44. The Kier molecular flexibility index (Phi) is 7.37. The minimum absolute atomic E-state index is 0.0912. The number of nitrogens with zero attached hydrogens (tertiary/aromatic N) is 4. The zero-order valence-electron chi connectivity index (χ0n) is 20.5. The Morgan fingerprint density at radius 2 is 2.11 bits per heavy atom. The van der Waals surface area contributed by atoms with E-state index in [1.165, 1.54) is 0 Å².